The van der Waals surface area contributed by atoms with Gasteiger partial charge in [0.05, 0.1) is 11.3 Å². The zero-order chi connectivity index (χ0) is 17.7. The van der Waals surface area contributed by atoms with Gasteiger partial charge in [0.25, 0.3) is 5.91 Å². The maximum Gasteiger partial charge on any atom is 0.253 e. The van der Waals surface area contributed by atoms with Crippen LogP contribution in [0.4, 0.5) is 0 Å². The molecule has 1 atom stereocenters. The van der Waals surface area contributed by atoms with E-state index in [9.17, 15) is 4.79 Å². The molecule has 1 N–H and O–H groups in total. The fourth-order valence-electron chi connectivity index (χ4n) is 6.27. The van der Waals surface area contributed by atoms with Crippen LogP contribution >= 0.6 is 0 Å². The molecule has 136 valence electrons. The smallest absolute Gasteiger partial charge is 0.253 e. The van der Waals surface area contributed by atoms with Crippen molar-refractivity contribution in [3.8, 4) is 5.69 Å². The third kappa shape index (κ3) is 2.54. The molecule has 1 aromatic heterocycles. The minimum Gasteiger partial charge on any atom is -0.349 e. The zero-order valence-corrected chi connectivity index (χ0v) is 15.1. The van der Waals surface area contributed by atoms with E-state index in [0.717, 1.165) is 17.8 Å². The molecule has 0 saturated heterocycles. The fourth-order valence-corrected chi connectivity index (χ4v) is 6.27. The van der Waals surface area contributed by atoms with Crippen LogP contribution in [0, 0.1) is 23.2 Å². The highest BCUT2D eigenvalue weighted by atomic mass is 16.1. The molecule has 0 unspecified atom stereocenters. The predicted octanol–water partition coefficient (Wildman–Crippen LogP) is 3.00. The summed E-state index contributed by atoms with van der Waals surface area (Å²) < 4.78 is 1.55. The molecule has 6 nitrogen and oxygen atoms in total. The molecule has 1 aromatic carbocycles. The fraction of sp³-hybridized carbons (Fsp3) is 0.600. The molecule has 4 fully saturated rings. The number of hydrogen-bond acceptors (Lipinski definition) is 4. The normalized spacial score (nSPS) is 33.2. The standard InChI is InChI=1S/C20H25N5O/c1-13(20-9-14-6-15(10-20)8-16(7-14)11-20)22-19(26)17-4-2-3-5-18(17)25-12-21-23-24-25/h2-5,12-16H,6-11H2,1H3,(H,22,26)/t13-,14?,15?,16?,20?/m0/s1. The maximum atomic E-state index is 13.1. The van der Waals surface area contributed by atoms with E-state index in [1.807, 2.05) is 24.3 Å². The summed E-state index contributed by atoms with van der Waals surface area (Å²) in [6.45, 7) is 2.21. The van der Waals surface area contributed by atoms with Crippen molar-refractivity contribution in [2.24, 2.45) is 23.2 Å². The van der Waals surface area contributed by atoms with Gasteiger partial charge >= 0.3 is 0 Å². The molecule has 6 heteroatoms. The highest BCUT2D eigenvalue weighted by Crippen LogP contribution is 2.61. The van der Waals surface area contributed by atoms with E-state index < -0.39 is 0 Å². The van der Waals surface area contributed by atoms with Gasteiger partial charge in [0, 0.05) is 6.04 Å². The first-order chi connectivity index (χ1) is 12.6. The lowest BCUT2D eigenvalue weighted by Crippen LogP contribution is -2.55. The largest absolute Gasteiger partial charge is 0.349 e. The van der Waals surface area contributed by atoms with E-state index in [4.69, 9.17) is 0 Å². The first-order valence-corrected chi connectivity index (χ1v) is 9.76. The van der Waals surface area contributed by atoms with Crippen molar-refractivity contribution >= 4 is 5.91 Å². The van der Waals surface area contributed by atoms with E-state index >= 15 is 0 Å². The number of para-hydroxylation sites is 1. The topological polar surface area (TPSA) is 72.7 Å². The average Bonchev–Trinajstić information content (AvgIpc) is 3.15. The molecule has 4 aliphatic rings. The molecule has 0 spiro atoms. The maximum absolute atomic E-state index is 13.1. The number of carbonyl (C=O) groups is 1. The summed E-state index contributed by atoms with van der Waals surface area (Å²) >= 11 is 0. The van der Waals surface area contributed by atoms with Gasteiger partial charge in [-0.05, 0) is 91.2 Å². The molecule has 4 aliphatic carbocycles. The molecule has 26 heavy (non-hydrogen) atoms. The number of tetrazole rings is 1. The second kappa shape index (κ2) is 5.89. The summed E-state index contributed by atoms with van der Waals surface area (Å²) in [6, 6.07) is 7.71. The number of carbonyl (C=O) groups excluding carboxylic acids is 1. The molecule has 2 aromatic rings. The highest BCUT2D eigenvalue weighted by Gasteiger charge is 2.53. The SMILES string of the molecule is C[C@H](NC(=O)c1ccccc1-n1cnnn1)C12CC3CC(CC(C3)C1)C2. The van der Waals surface area contributed by atoms with E-state index in [2.05, 4.69) is 27.8 Å². The third-order valence-corrected chi connectivity index (χ3v) is 7.10. The molecule has 6 rings (SSSR count). The van der Waals surface area contributed by atoms with Crippen molar-refractivity contribution in [2.75, 3.05) is 0 Å². The molecule has 1 heterocycles. The molecule has 0 aliphatic heterocycles. The minimum atomic E-state index is -0.0284. The van der Waals surface area contributed by atoms with Gasteiger partial charge in [-0.3, -0.25) is 4.79 Å². The minimum absolute atomic E-state index is 0.0284. The Morgan fingerprint density at radius 3 is 2.42 bits per heavy atom. The highest BCUT2D eigenvalue weighted by molar-refractivity contribution is 5.97. The van der Waals surface area contributed by atoms with Gasteiger partial charge in [0.2, 0.25) is 0 Å². The lowest BCUT2D eigenvalue weighted by atomic mass is 9.48. The van der Waals surface area contributed by atoms with Crippen LogP contribution in [-0.4, -0.2) is 32.2 Å². The van der Waals surface area contributed by atoms with Crippen molar-refractivity contribution in [1.29, 1.82) is 0 Å². The number of aromatic nitrogens is 4. The van der Waals surface area contributed by atoms with Crippen molar-refractivity contribution in [3.63, 3.8) is 0 Å². The van der Waals surface area contributed by atoms with Crippen LogP contribution in [0.3, 0.4) is 0 Å². The zero-order valence-electron chi connectivity index (χ0n) is 15.1. The Bertz CT molecular complexity index is 780. The lowest BCUT2D eigenvalue weighted by molar-refractivity contribution is -0.0688. The summed E-state index contributed by atoms with van der Waals surface area (Å²) in [6.07, 6.45) is 9.64. The summed E-state index contributed by atoms with van der Waals surface area (Å²) in [5.41, 5.74) is 1.64. The van der Waals surface area contributed by atoms with Gasteiger partial charge in [0.1, 0.15) is 6.33 Å². The van der Waals surface area contributed by atoms with Crippen LogP contribution in [0.2, 0.25) is 0 Å². The van der Waals surface area contributed by atoms with Crippen molar-refractivity contribution in [1.82, 2.24) is 25.5 Å². The number of nitrogens with one attached hydrogen (secondary N) is 1. The lowest BCUT2D eigenvalue weighted by Gasteiger charge is -2.59. The predicted molar refractivity (Wildman–Crippen MR) is 96.7 cm³/mol. The molecule has 4 saturated carbocycles. The van der Waals surface area contributed by atoms with Crippen molar-refractivity contribution in [3.05, 3.63) is 36.2 Å². The molecule has 0 radical (unpaired) electrons. The van der Waals surface area contributed by atoms with Gasteiger partial charge in [-0.2, -0.15) is 4.68 Å². The Balaban J connectivity index is 1.38. The van der Waals surface area contributed by atoms with E-state index in [1.165, 1.54) is 44.9 Å². The van der Waals surface area contributed by atoms with Crippen LogP contribution in [0.1, 0.15) is 55.8 Å². The molecule has 1 amide bonds. The van der Waals surface area contributed by atoms with Gasteiger partial charge in [-0.15, -0.1) is 5.10 Å². The number of rotatable bonds is 4. The van der Waals surface area contributed by atoms with Crippen molar-refractivity contribution in [2.45, 2.75) is 51.5 Å². The Morgan fingerprint density at radius 1 is 1.15 bits per heavy atom. The monoisotopic (exact) mass is 351 g/mol. The van der Waals surface area contributed by atoms with Crippen LogP contribution in [-0.2, 0) is 0 Å². The van der Waals surface area contributed by atoms with E-state index in [-0.39, 0.29) is 11.9 Å². The Hall–Kier alpha value is -2.24. The van der Waals surface area contributed by atoms with E-state index in [1.54, 1.807) is 4.68 Å². The molecular formula is C20H25N5O. The van der Waals surface area contributed by atoms with E-state index in [0.29, 0.717) is 16.7 Å². The van der Waals surface area contributed by atoms with Crippen LogP contribution in [0.25, 0.3) is 5.69 Å². The second-order valence-corrected chi connectivity index (χ2v) is 8.75. The van der Waals surface area contributed by atoms with Gasteiger partial charge in [-0.25, -0.2) is 0 Å². The van der Waals surface area contributed by atoms with Crippen LogP contribution < -0.4 is 5.32 Å². The summed E-state index contributed by atoms with van der Waals surface area (Å²) in [4.78, 5) is 13.1. The number of nitrogens with zero attached hydrogens (tertiary/aromatic N) is 4. The number of hydrogen-bond donors (Lipinski definition) is 1. The van der Waals surface area contributed by atoms with Gasteiger partial charge < -0.3 is 5.32 Å². The summed E-state index contributed by atoms with van der Waals surface area (Å²) in [5.74, 6) is 2.62. The number of amides is 1. The summed E-state index contributed by atoms with van der Waals surface area (Å²) in [7, 11) is 0. The first-order valence-electron chi connectivity index (χ1n) is 9.76. The Morgan fingerprint density at radius 2 is 1.81 bits per heavy atom. The van der Waals surface area contributed by atoms with Crippen LogP contribution in [0.5, 0.6) is 0 Å². The average molecular weight is 351 g/mol. The Labute approximate surface area is 153 Å². The number of benzene rings is 1. The van der Waals surface area contributed by atoms with Gasteiger partial charge in [0.15, 0.2) is 0 Å². The van der Waals surface area contributed by atoms with Crippen molar-refractivity contribution < 1.29 is 4.79 Å². The third-order valence-electron chi connectivity index (χ3n) is 7.10. The second-order valence-electron chi connectivity index (χ2n) is 8.75. The van der Waals surface area contributed by atoms with Crippen LogP contribution in [0.15, 0.2) is 30.6 Å². The summed E-state index contributed by atoms with van der Waals surface area (Å²) in [5, 5.41) is 14.6. The Kier molecular flexibility index (Phi) is 3.62. The first kappa shape index (κ1) is 16.0. The molecular weight excluding hydrogens is 326 g/mol. The van der Waals surface area contributed by atoms with Gasteiger partial charge in [-0.1, -0.05) is 12.1 Å². The quantitative estimate of drug-likeness (QED) is 0.919. The molecule has 4 bridgehead atoms.